The molecule has 0 spiro atoms. The fourth-order valence-electron chi connectivity index (χ4n) is 0.0556. The van der Waals surface area contributed by atoms with E-state index in [1.165, 1.54) is 0 Å². The predicted molar refractivity (Wildman–Crippen MR) is 27.5 cm³/mol. The molecule has 0 aromatic heterocycles. The van der Waals surface area contributed by atoms with Crippen LogP contribution in [0.25, 0.3) is 0 Å². The fourth-order valence-corrected chi connectivity index (χ4v) is 0.167. The Morgan fingerprint density at radius 2 is 2.33 bits per heavy atom. The van der Waals surface area contributed by atoms with E-state index < -0.39 is 0 Å². The van der Waals surface area contributed by atoms with Crippen molar-refractivity contribution in [2.75, 3.05) is 0 Å². The van der Waals surface area contributed by atoms with E-state index in [4.69, 9.17) is 0 Å². The molecule has 0 fully saturated rings. The maximum atomic E-state index is 9.75. The molecule has 0 bridgehead atoms. The number of hydrogen-bond acceptors (Lipinski definition) is 1. The molecule has 0 rings (SSSR count). The van der Waals surface area contributed by atoms with Gasteiger partial charge in [-0.05, 0) is 6.92 Å². The normalized spacial score (nSPS) is 13.7. The predicted octanol–water partition coefficient (Wildman–Crippen LogP) is 1.03. The highest BCUT2D eigenvalue weighted by atomic mass is 32.1. The van der Waals surface area contributed by atoms with E-state index in [1.807, 2.05) is 20.3 Å². The van der Waals surface area contributed by atoms with Gasteiger partial charge in [-0.25, -0.2) is 0 Å². The summed E-state index contributed by atoms with van der Waals surface area (Å²) >= 11 is 0.619. The third-order valence-electron chi connectivity index (χ3n) is 0.621. The first kappa shape index (κ1) is 6.02. The summed E-state index contributed by atoms with van der Waals surface area (Å²) in [5.74, 6) is 0. The Balaban J connectivity index is 2.96. The van der Waals surface area contributed by atoms with Gasteiger partial charge < -0.3 is 0 Å². The van der Waals surface area contributed by atoms with Crippen molar-refractivity contribution in [2.24, 2.45) is 0 Å². The van der Waals surface area contributed by atoms with E-state index in [0.717, 1.165) is 0 Å². The van der Waals surface area contributed by atoms with Gasteiger partial charge in [-0.3, -0.25) is 0 Å². The molecule has 0 aliphatic rings. The second-order valence-electron chi connectivity index (χ2n) is 1.13. The van der Waals surface area contributed by atoms with Crippen molar-refractivity contribution >= 4 is 11.7 Å². The molecule has 1 nitrogen and oxygen atoms in total. The van der Waals surface area contributed by atoms with Gasteiger partial charge in [0.1, 0.15) is 0 Å². The molecule has 2 heteroatoms. The number of rotatable bonds is 2. The van der Waals surface area contributed by atoms with Gasteiger partial charge in [0.05, 0.1) is 0 Å². The van der Waals surface area contributed by atoms with E-state index in [9.17, 15) is 4.21 Å². The van der Waals surface area contributed by atoms with Crippen LogP contribution in [0.5, 0.6) is 0 Å². The minimum absolute atomic E-state index is 0.171. The Bertz CT molecular complexity index is 44.8. The van der Waals surface area contributed by atoms with Crippen LogP contribution < -0.4 is 0 Å². The zero-order chi connectivity index (χ0) is 4.99. The molecule has 6 heavy (non-hydrogen) atoms. The molecule has 0 aliphatic heterocycles. The van der Waals surface area contributed by atoms with Crippen molar-refractivity contribution in [3.8, 4) is 0 Å². The lowest BCUT2D eigenvalue weighted by Gasteiger charge is -1.73. The lowest BCUT2D eigenvalue weighted by molar-refractivity contribution is 0.602. The fraction of sp³-hybridized carbons (Fsp3) is 0.750. The first-order valence-corrected chi connectivity index (χ1v) is 2.70. The van der Waals surface area contributed by atoms with Gasteiger partial charge in [0.15, 0.2) is 0 Å². The Hall–Kier alpha value is 0.0200. The second-order valence-corrected chi connectivity index (χ2v) is 2.07. The molecule has 0 amide bonds. The van der Waals surface area contributed by atoms with Gasteiger partial charge in [0.2, 0.25) is 5.25 Å². The molecule has 0 aromatic carbocycles. The summed E-state index contributed by atoms with van der Waals surface area (Å²) in [5, 5.41) is 0.171. The van der Waals surface area contributed by atoms with Crippen molar-refractivity contribution < 1.29 is 4.21 Å². The third-order valence-corrected chi connectivity index (χ3v) is 1.20. The quantitative estimate of drug-likeness (QED) is 0.478. The highest BCUT2D eigenvalue weighted by Crippen LogP contribution is 1.85. The van der Waals surface area contributed by atoms with Crippen LogP contribution in [0.4, 0.5) is 0 Å². The Morgan fingerprint density at radius 3 is 2.33 bits per heavy atom. The van der Waals surface area contributed by atoms with Crippen molar-refractivity contribution in [1.29, 1.82) is 0 Å². The van der Waals surface area contributed by atoms with E-state index in [2.05, 4.69) is 0 Å². The Kier molecular flexibility index (Phi) is 3.23. The van der Waals surface area contributed by atoms with Crippen LogP contribution in [0, 0.1) is 6.42 Å². The summed E-state index contributed by atoms with van der Waals surface area (Å²) < 4.78 is 9.75. The van der Waals surface area contributed by atoms with Gasteiger partial charge in [-0.2, -0.15) is 0 Å². The lowest BCUT2D eigenvalue weighted by atomic mass is 10.4. The topological polar surface area (TPSA) is 17.1 Å². The molecular formula is C4H8OS+. The van der Waals surface area contributed by atoms with Crippen LogP contribution in [0.15, 0.2) is 0 Å². The van der Waals surface area contributed by atoms with Crippen molar-refractivity contribution in [3.05, 3.63) is 6.42 Å². The Labute approximate surface area is 42.2 Å². The zero-order valence-corrected chi connectivity index (χ0v) is 4.79. The standard InChI is InChI=1S/C4H8OS/c1-3-4(2)6-5/h3-4H,1-2H3/q+1. The first-order chi connectivity index (χ1) is 2.81. The molecule has 0 heterocycles. The highest BCUT2D eigenvalue weighted by molar-refractivity contribution is 7.66. The van der Waals surface area contributed by atoms with Gasteiger partial charge in [-0.15, -0.1) is 0 Å². The first-order valence-electron chi connectivity index (χ1n) is 1.89. The Morgan fingerprint density at radius 1 is 1.83 bits per heavy atom. The number of hydrogen-bond donors (Lipinski definition) is 0. The van der Waals surface area contributed by atoms with Crippen LogP contribution >= 0.6 is 0 Å². The van der Waals surface area contributed by atoms with Gasteiger partial charge in [0, 0.05) is 10.6 Å². The molecule has 1 atom stereocenters. The maximum Gasteiger partial charge on any atom is 0.462 e. The highest BCUT2D eigenvalue weighted by Gasteiger charge is 2.08. The summed E-state index contributed by atoms with van der Waals surface area (Å²) in [6, 6.07) is 0. The van der Waals surface area contributed by atoms with Crippen LogP contribution in [-0.4, -0.2) is 5.25 Å². The molecule has 0 N–H and O–H groups in total. The van der Waals surface area contributed by atoms with Gasteiger partial charge in [0.25, 0.3) is 0 Å². The molecular weight excluding hydrogens is 96.1 g/mol. The van der Waals surface area contributed by atoms with E-state index >= 15 is 0 Å². The maximum absolute atomic E-state index is 9.75. The van der Waals surface area contributed by atoms with Crippen LogP contribution in [-0.2, 0) is 15.9 Å². The summed E-state index contributed by atoms with van der Waals surface area (Å²) in [6.07, 6.45) is 1.87. The minimum atomic E-state index is 0.171. The molecule has 1 radical (unpaired) electrons. The largest absolute Gasteiger partial charge is 0.462 e. The summed E-state index contributed by atoms with van der Waals surface area (Å²) in [6.45, 7) is 3.76. The second kappa shape index (κ2) is 3.22. The molecule has 0 aliphatic carbocycles. The average Bonchev–Trinajstić information content (AvgIpc) is 1.65. The van der Waals surface area contributed by atoms with Crippen molar-refractivity contribution in [2.45, 2.75) is 19.1 Å². The minimum Gasteiger partial charge on any atom is -0.0565 e. The van der Waals surface area contributed by atoms with E-state index in [1.54, 1.807) is 0 Å². The molecule has 0 aromatic rings. The van der Waals surface area contributed by atoms with Crippen LogP contribution in [0.1, 0.15) is 13.8 Å². The third kappa shape index (κ3) is 2.27. The van der Waals surface area contributed by atoms with Gasteiger partial charge >= 0.3 is 11.7 Å². The lowest BCUT2D eigenvalue weighted by Crippen LogP contribution is -1.94. The average molecular weight is 104 g/mol. The van der Waals surface area contributed by atoms with Crippen molar-refractivity contribution in [1.82, 2.24) is 0 Å². The van der Waals surface area contributed by atoms with Crippen molar-refractivity contribution in [3.63, 3.8) is 0 Å². The zero-order valence-electron chi connectivity index (χ0n) is 3.97. The van der Waals surface area contributed by atoms with E-state index in [-0.39, 0.29) is 5.25 Å². The van der Waals surface area contributed by atoms with E-state index in [0.29, 0.717) is 11.7 Å². The molecule has 35 valence electrons. The van der Waals surface area contributed by atoms with Crippen LogP contribution in [0.3, 0.4) is 0 Å². The monoisotopic (exact) mass is 104 g/mol. The SMILES string of the molecule is C[CH]C(C)[S+]=O. The molecule has 0 saturated carbocycles. The molecule has 0 saturated heterocycles. The smallest absolute Gasteiger partial charge is 0.0565 e. The summed E-state index contributed by atoms with van der Waals surface area (Å²) in [4.78, 5) is 0. The summed E-state index contributed by atoms with van der Waals surface area (Å²) in [7, 11) is 0. The van der Waals surface area contributed by atoms with Gasteiger partial charge in [-0.1, -0.05) is 6.92 Å². The molecule has 1 unspecified atom stereocenters. The summed E-state index contributed by atoms with van der Waals surface area (Å²) in [5.41, 5.74) is 0. The van der Waals surface area contributed by atoms with Crippen LogP contribution in [0.2, 0.25) is 0 Å².